The van der Waals surface area contributed by atoms with E-state index in [1.54, 1.807) is 0 Å². The van der Waals surface area contributed by atoms with Crippen molar-refractivity contribution in [3.63, 3.8) is 0 Å². The molecule has 1 rings (SSSR count). The third-order valence-corrected chi connectivity index (χ3v) is 2.59. The zero-order chi connectivity index (χ0) is 13.2. The Morgan fingerprint density at radius 2 is 2.00 bits per heavy atom. The maximum absolute atomic E-state index is 11.8. The van der Waals surface area contributed by atoms with Crippen molar-refractivity contribution < 1.29 is 19.8 Å². The minimum Gasteiger partial charge on any atom is -0.480 e. The minimum atomic E-state index is -1.08. The van der Waals surface area contributed by atoms with E-state index in [0.29, 0.717) is 6.54 Å². The fourth-order valence-electron chi connectivity index (χ4n) is 1.71. The van der Waals surface area contributed by atoms with Gasteiger partial charge in [0.05, 0.1) is 6.10 Å². The second-order valence-electron chi connectivity index (χ2n) is 5.62. The summed E-state index contributed by atoms with van der Waals surface area (Å²) in [7, 11) is 0. The van der Waals surface area contributed by atoms with Crippen LogP contribution in [-0.2, 0) is 4.79 Å². The van der Waals surface area contributed by atoms with Gasteiger partial charge in [-0.2, -0.15) is 0 Å². The summed E-state index contributed by atoms with van der Waals surface area (Å²) >= 11 is 0. The number of β-amino-alcohol motifs (C(OH)–C–C–N with tert-alkyl or cyclic N) is 1. The van der Waals surface area contributed by atoms with Gasteiger partial charge in [0, 0.05) is 19.5 Å². The summed E-state index contributed by atoms with van der Waals surface area (Å²) in [5.41, 5.74) is -0.0628. The van der Waals surface area contributed by atoms with Crippen LogP contribution in [0.25, 0.3) is 0 Å². The van der Waals surface area contributed by atoms with Crippen LogP contribution in [0.15, 0.2) is 0 Å². The van der Waals surface area contributed by atoms with Gasteiger partial charge >= 0.3 is 12.0 Å². The number of nitrogens with zero attached hydrogens (tertiary/aromatic N) is 1. The Morgan fingerprint density at radius 1 is 1.41 bits per heavy atom. The smallest absolute Gasteiger partial charge is 0.326 e. The highest BCUT2D eigenvalue weighted by Crippen LogP contribution is 2.18. The molecule has 0 aromatic heterocycles. The number of carboxylic acid groups (broad SMARTS) is 1. The van der Waals surface area contributed by atoms with E-state index in [2.05, 4.69) is 5.32 Å². The molecule has 0 spiro atoms. The van der Waals surface area contributed by atoms with E-state index in [1.807, 2.05) is 20.8 Å². The predicted molar refractivity (Wildman–Crippen MR) is 61.6 cm³/mol. The van der Waals surface area contributed by atoms with Crippen LogP contribution < -0.4 is 5.32 Å². The summed E-state index contributed by atoms with van der Waals surface area (Å²) in [6.07, 6.45) is -0.658. The van der Waals surface area contributed by atoms with Gasteiger partial charge < -0.3 is 20.4 Å². The van der Waals surface area contributed by atoms with E-state index in [0.717, 1.165) is 0 Å². The molecule has 0 saturated carbocycles. The minimum absolute atomic E-state index is 0.0628. The van der Waals surface area contributed by atoms with Gasteiger partial charge in [-0.25, -0.2) is 9.59 Å². The van der Waals surface area contributed by atoms with Gasteiger partial charge in [-0.05, 0) is 5.41 Å². The number of rotatable bonds is 2. The van der Waals surface area contributed by atoms with Crippen LogP contribution in [0.3, 0.4) is 0 Å². The van der Waals surface area contributed by atoms with E-state index in [-0.39, 0.29) is 18.4 Å². The molecule has 6 heteroatoms. The largest absolute Gasteiger partial charge is 0.480 e. The van der Waals surface area contributed by atoms with Crippen molar-refractivity contribution in [1.82, 2.24) is 10.2 Å². The Labute approximate surface area is 101 Å². The lowest BCUT2D eigenvalue weighted by Crippen LogP contribution is -2.47. The Kier molecular flexibility index (Phi) is 3.98. The van der Waals surface area contributed by atoms with Gasteiger partial charge in [0.25, 0.3) is 0 Å². The van der Waals surface area contributed by atoms with Gasteiger partial charge in [-0.3, -0.25) is 0 Å². The molecule has 1 aliphatic rings. The molecule has 17 heavy (non-hydrogen) atoms. The molecule has 1 aliphatic heterocycles. The molecule has 0 unspecified atom stereocenters. The topological polar surface area (TPSA) is 89.9 Å². The van der Waals surface area contributed by atoms with E-state index in [1.165, 1.54) is 4.90 Å². The molecule has 0 bridgehead atoms. The van der Waals surface area contributed by atoms with Crippen molar-refractivity contribution in [1.29, 1.82) is 0 Å². The Bertz CT molecular complexity index is 311. The molecule has 3 N–H and O–H groups in total. The summed E-state index contributed by atoms with van der Waals surface area (Å²) in [4.78, 5) is 23.9. The molecule has 1 heterocycles. The zero-order valence-electron chi connectivity index (χ0n) is 10.4. The summed E-state index contributed by atoms with van der Waals surface area (Å²) in [6.45, 7) is 6.46. The quantitative estimate of drug-likeness (QED) is 0.650. The van der Waals surface area contributed by atoms with Crippen molar-refractivity contribution in [3.05, 3.63) is 0 Å². The number of carbonyl (C=O) groups excluding carboxylic acids is 1. The fraction of sp³-hybridized carbons (Fsp3) is 0.818. The maximum atomic E-state index is 11.8. The molecule has 98 valence electrons. The summed E-state index contributed by atoms with van der Waals surface area (Å²) in [6, 6.07) is -1.35. The number of carboxylic acids is 1. The maximum Gasteiger partial charge on any atom is 0.326 e. The van der Waals surface area contributed by atoms with Crippen molar-refractivity contribution in [2.45, 2.75) is 39.3 Å². The molecule has 6 nitrogen and oxygen atoms in total. The number of aliphatic hydroxyl groups is 1. The monoisotopic (exact) mass is 244 g/mol. The van der Waals surface area contributed by atoms with Gasteiger partial charge in [0.2, 0.25) is 0 Å². The molecule has 2 amide bonds. The van der Waals surface area contributed by atoms with Crippen molar-refractivity contribution >= 4 is 12.0 Å². The number of aliphatic carboxylic acids is 1. The lowest BCUT2D eigenvalue weighted by Gasteiger charge is -2.25. The third kappa shape index (κ3) is 3.89. The number of carbonyl (C=O) groups is 2. The fourth-order valence-corrected chi connectivity index (χ4v) is 1.71. The van der Waals surface area contributed by atoms with Gasteiger partial charge in [-0.15, -0.1) is 0 Å². The van der Waals surface area contributed by atoms with Crippen LogP contribution in [0, 0.1) is 5.41 Å². The van der Waals surface area contributed by atoms with Crippen LogP contribution in [0.5, 0.6) is 0 Å². The third-order valence-electron chi connectivity index (χ3n) is 2.59. The normalized spacial score (nSPS) is 24.8. The number of amides is 2. The molecule has 1 saturated heterocycles. The molecule has 1 fully saturated rings. The van der Waals surface area contributed by atoms with Crippen LogP contribution in [0.1, 0.15) is 27.2 Å². The van der Waals surface area contributed by atoms with E-state index in [4.69, 9.17) is 5.11 Å². The summed E-state index contributed by atoms with van der Waals surface area (Å²) in [5, 5.41) is 21.0. The SMILES string of the molecule is CC(C)(C)CNC(=O)N1C[C@H](O)C[C@H]1C(=O)O. The van der Waals surface area contributed by atoms with Gasteiger partial charge in [0.1, 0.15) is 6.04 Å². The first-order chi connectivity index (χ1) is 7.70. The standard InChI is InChI=1S/C11H20N2O4/c1-11(2,3)6-12-10(17)13-5-7(14)4-8(13)9(15)16/h7-8,14H,4-6H2,1-3H3,(H,12,17)(H,15,16)/t7-,8+/m1/s1. The number of nitrogens with one attached hydrogen (secondary N) is 1. The first kappa shape index (κ1) is 13.8. The van der Waals surface area contributed by atoms with E-state index >= 15 is 0 Å². The highest BCUT2D eigenvalue weighted by Gasteiger charge is 2.39. The van der Waals surface area contributed by atoms with Crippen LogP contribution >= 0.6 is 0 Å². The second-order valence-corrected chi connectivity index (χ2v) is 5.62. The molecular formula is C11H20N2O4. The number of likely N-dealkylation sites (tertiary alicyclic amines) is 1. The first-order valence-electron chi connectivity index (χ1n) is 5.66. The second kappa shape index (κ2) is 4.91. The lowest BCUT2D eigenvalue weighted by molar-refractivity contribution is -0.141. The molecule has 0 aliphatic carbocycles. The molecule has 0 aromatic rings. The summed E-state index contributed by atoms with van der Waals surface area (Å²) in [5.74, 6) is -1.08. The molecule has 0 radical (unpaired) electrons. The molecule has 0 aromatic carbocycles. The highest BCUT2D eigenvalue weighted by molar-refractivity contribution is 5.83. The Balaban J connectivity index is 2.59. The lowest BCUT2D eigenvalue weighted by atomic mass is 9.97. The number of aliphatic hydroxyl groups excluding tert-OH is 1. The van der Waals surface area contributed by atoms with Crippen LogP contribution in [0.2, 0.25) is 0 Å². The van der Waals surface area contributed by atoms with Gasteiger partial charge in [0.15, 0.2) is 0 Å². The van der Waals surface area contributed by atoms with Crippen molar-refractivity contribution in [3.8, 4) is 0 Å². The predicted octanol–water partition coefficient (Wildman–Crippen LogP) is 0.262. The van der Waals surface area contributed by atoms with Crippen LogP contribution in [0.4, 0.5) is 4.79 Å². The van der Waals surface area contributed by atoms with E-state index < -0.39 is 24.1 Å². The number of urea groups is 1. The van der Waals surface area contributed by atoms with Crippen molar-refractivity contribution in [2.24, 2.45) is 5.41 Å². The zero-order valence-corrected chi connectivity index (χ0v) is 10.4. The average molecular weight is 244 g/mol. The van der Waals surface area contributed by atoms with E-state index in [9.17, 15) is 14.7 Å². The van der Waals surface area contributed by atoms with Gasteiger partial charge in [-0.1, -0.05) is 20.8 Å². The highest BCUT2D eigenvalue weighted by atomic mass is 16.4. The number of hydrogen-bond donors (Lipinski definition) is 3. The Morgan fingerprint density at radius 3 is 2.47 bits per heavy atom. The average Bonchev–Trinajstić information content (AvgIpc) is 2.55. The van der Waals surface area contributed by atoms with Crippen molar-refractivity contribution in [2.75, 3.05) is 13.1 Å². The summed E-state index contributed by atoms with van der Waals surface area (Å²) < 4.78 is 0. The molecular weight excluding hydrogens is 224 g/mol. The van der Waals surface area contributed by atoms with Crippen LogP contribution in [-0.4, -0.2) is 52.3 Å². The molecule has 2 atom stereocenters. The Hall–Kier alpha value is -1.30. The number of hydrogen-bond acceptors (Lipinski definition) is 3. The first-order valence-corrected chi connectivity index (χ1v) is 5.66.